The van der Waals surface area contributed by atoms with Gasteiger partial charge in [0.05, 0.1) is 0 Å². The van der Waals surface area contributed by atoms with Crippen molar-refractivity contribution in [3.8, 4) is 0 Å². The van der Waals surface area contributed by atoms with Crippen LogP contribution in [-0.2, 0) is 0 Å². The highest BCUT2D eigenvalue weighted by Gasteiger charge is 2.29. The van der Waals surface area contributed by atoms with Gasteiger partial charge in [-0.2, -0.15) is 9.97 Å². The molecule has 1 aromatic heterocycles. The molecular formula is C5H6N6O2. The molecule has 1 unspecified atom stereocenters. The first-order chi connectivity index (χ1) is 6.09. The van der Waals surface area contributed by atoms with Crippen LogP contribution >= 0.6 is 0 Å². The Hall–Kier alpha value is -1.96. The monoisotopic (exact) mass is 182 g/mol. The second kappa shape index (κ2) is 2.26. The first-order valence-electron chi connectivity index (χ1n) is 3.39. The molecule has 0 aliphatic carbocycles. The van der Waals surface area contributed by atoms with Crippen LogP contribution < -0.4 is 16.7 Å². The van der Waals surface area contributed by atoms with Crippen LogP contribution in [0.4, 0.5) is 11.9 Å². The normalized spacial score (nSPS) is 19.8. The quantitative estimate of drug-likeness (QED) is 0.357. The Bertz CT molecular complexity index is 437. The van der Waals surface area contributed by atoms with Gasteiger partial charge in [0.1, 0.15) is 0 Å². The summed E-state index contributed by atoms with van der Waals surface area (Å²) < 4.78 is 0.848. The molecule has 0 bridgehead atoms. The zero-order valence-electron chi connectivity index (χ0n) is 6.35. The number of nitrogen functional groups attached to an aromatic ring is 1. The highest BCUT2D eigenvalue weighted by molar-refractivity contribution is 5.90. The average molecular weight is 182 g/mol. The third-order valence-electron chi connectivity index (χ3n) is 1.58. The fraction of sp³-hybridized carbons (Fsp3) is 0.200. The second-order valence-corrected chi connectivity index (χ2v) is 2.45. The summed E-state index contributed by atoms with van der Waals surface area (Å²) in [6.45, 7) is 0. The summed E-state index contributed by atoms with van der Waals surface area (Å²) in [5, 5.41) is 18.7. The Morgan fingerprint density at radius 1 is 1.62 bits per heavy atom. The molecule has 68 valence electrons. The molecular weight excluding hydrogens is 176 g/mol. The van der Waals surface area contributed by atoms with E-state index >= 15 is 0 Å². The zero-order chi connectivity index (χ0) is 9.59. The molecule has 1 atom stereocenters. The summed E-state index contributed by atoms with van der Waals surface area (Å²) in [5.41, 5.74) is 4.88. The van der Waals surface area contributed by atoms with E-state index in [-0.39, 0.29) is 17.5 Å². The third-order valence-corrected chi connectivity index (χ3v) is 1.58. The number of nitrogens with two attached hydrogens (primary N) is 1. The lowest BCUT2D eigenvalue weighted by molar-refractivity contribution is 0.0734. The second-order valence-electron chi connectivity index (χ2n) is 2.45. The van der Waals surface area contributed by atoms with Crippen molar-refractivity contribution in [2.45, 2.75) is 6.23 Å². The molecule has 2 heterocycles. The first kappa shape index (κ1) is 7.68. The number of aliphatic hydroxyl groups excluding tert-OH is 1. The van der Waals surface area contributed by atoms with E-state index in [1.54, 1.807) is 0 Å². The Kier molecular flexibility index (Phi) is 1.34. The molecule has 0 spiro atoms. The highest BCUT2D eigenvalue weighted by Crippen LogP contribution is 2.10. The van der Waals surface area contributed by atoms with E-state index in [1.807, 2.05) is 0 Å². The molecule has 0 amide bonds. The molecule has 0 saturated heterocycles. The summed E-state index contributed by atoms with van der Waals surface area (Å²) in [7, 11) is 0. The predicted octanol–water partition coefficient (Wildman–Crippen LogP) is -2.28. The number of hydrogen-bond acceptors (Lipinski definition) is 7. The van der Waals surface area contributed by atoms with Gasteiger partial charge in [-0.15, -0.1) is 0 Å². The minimum Gasteiger partial charge on any atom is -0.368 e. The Morgan fingerprint density at radius 3 is 3.00 bits per heavy atom. The van der Waals surface area contributed by atoms with Crippen LogP contribution in [0.15, 0.2) is 0 Å². The summed E-state index contributed by atoms with van der Waals surface area (Å²) in [5.74, 6) is -0.763. The van der Waals surface area contributed by atoms with Gasteiger partial charge in [-0.25, -0.2) is 4.57 Å². The number of aromatic nitrogens is 3. The van der Waals surface area contributed by atoms with Gasteiger partial charge in [0.2, 0.25) is 23.7 Å². The molecule has 8 nitrogen and oxygen atoms in total. The molecule has 8 heteroatoms. The number of carbonyl (C=O) groups excluding carboxylic acids is 1. The Morgan fingerprint density at radius 2 is 2.31 bits per heavy atom. The van der Waals surface area contributed by atoms with Crippen molar-refractivity contribution in [2.75, 3.05) is 11.1 Å². The lowest BCUT2D eigenvalue weighted by atomic mass is 10.6. The molecule has 13 heavy (non-hydrogen) atoms. The molecule has 2 rings (SSSR count). The predicted molar refractivity (Wildman–Crippen MR) is 40.5 cm³/mol. The summed E-state index contributed by atoms with van der Waals surface area (Å²) in [6, 6.07) is 0. The molecule has 0 radical (unpaired) electrons. The van der Waals surface area contributed by atoms with Gasteiger partial charge in [-0.3, -0.25) is 10.2 Å². The molecule has 0 aromatic carbocycles. The van der Waals surface area contributed by atoms with Crippen molar-refractivity contribution in [2.24, 2.45) is 0 Å². The Balaban J connectivity index is 2.71. The summed E-state index contributed by atoms with van der Waals surface area (Å²) >= 11 is 0. The van der Waals surface area contributed by atoms with Crippen LogP contribution in [0, 0.1) is 5.41 Å². The van der Waals surface area contributed by atoms with Crippen LogP contribution in [0.1, 0.15) is 4.79 Å². The van der Waals surface area contributed by atoms with Crippen molar-refractivity contribution in [1.29, 1.82) is 5.41 Å². The van der Waals surface area contributed by atoms with Gasteiger partial charge in [0, 0.05) is 0 Å². The van der Waals surface area contributed by atoms with Crippen molar-refractivity contribution in [3.05, 3.63) is 5.62 Å². The van der Waals surface area contributed by atoms with Gasteiger partial charge in [-0.1, -0.05) is 0 Å². The maximum atomic E-state index is 11.1. The van der Waals surface area contributed by atoms with Crippen LogP contribution in [0.3, 0.4) is 0 Å². The topological polar surface area (TPSA) is 130 Å². The smallest absolute Gasteiger partial charge is 0.286 e. The zero-order valence-corrected chi connectivity index (χ0v) is 6.35. The maximum absolute atomic E-state index is 11.1. The van der Waals surface area contributed by atoms with Gasteiger partial charge in [0.15, 0.2) is 0 Å². The fourth-order valence-electron chi connectivity index (χ4n) is 1.05. The number of nitrogens with one attached hydrogen (secondary N) is 2. The third kappa shape index (κ3) is 0.957. The van der Waals surface area contributed by atoms with E-state index in [0.717, 1.165) is 4.57 Å². The lowest BCUT2D eigenvalue weighted by Gasteiger charge is -1.98. The van der Waals surface area contributed by atoms with E-state index in [9.17, 15) is 4.79 Å². The first-order valence-corrected chi connectivity index (χ1v) is 3.39. The molecule has 0 fully saturated rings. The van der Waals surface area contributed by atoms with Crippen molar-refractivity contribution >= 4 is 17.8 Å². The average Bonchev–Trinajstić information content (AvgIpc) is 2.27. The van der Waals surface area contributed by atoms with Crippen molar-refractivity contribution < 1.29 is 9.90 Å². The number of nitrogens with zero attached hydrogens (tertiary/aromatic N) is 3. The standard InChI is InChI=1S/C5H6N6O2/c6-3-9-4(7)11-2(13)1(12)8-5(11)10-3/h1,12H,(H4,6,7,8,9,10). The van der Waals surface area contributed by atoms with Crippen molar-refractivity contribution in [3.63, 3.8) is 0 Å². The van der Waals surface area contributed by atoms with E-state index in [2.05, 4.69) is 15.3 Å². The molecule has 1 aliphatic rings. The molecule has 0 saturated carbocycles. The fourth-order valence-corrected chi connectivity index (χ4v) is 1.05. The van der Waals surface area contributed by atoms with Gasteiger partial charge >= 0.3 is 0 Å². The summed E-state index contributed by atoms with van der Waals surface area (Å²) in [6.07, 6.45) is -1.37. The van der Waals surface area contributed by atoms with E-state index < -0.39 is 12.1 Å². The number of fused-ring (bicyclic) bond motifs is 1. The maximum Gasteiger partial charge on any atom is 0.286 e. The minimum atomic E-state index is -1.37. The van der Waals surface area contributed by atoms with E-state index in [4.69, 9.17) is 16.2 Å². The van der Waals surface area contributed by atoms with Crippen LogP contribution in [-0.4, -0.2) is 31.8 Å². The largest absolute Gasteiger partial charge is 0.368 e. The number of rotatable bonds is 0. The van der Waals surface area contributed by atoms with Crippen LogP contribution in [0.5, 0.6) is 0 Å². The molecule has 5 N–H and O–H groups in total. The van der Waals surface area contributed by atoms with Crippen LogP contribution in [0.25, 0.3) is 0 Å². The number of hydrogen-bond donors (Lipinski definition) is 4. The van der Waals surface area contributed by atoms with Crippen molar-refractivity contribution in [1.82, 2.24) is 14.5 Å². The van der Waals surface area contributed by atoms with Gasteiger partial charge < -0.3 is 16.2 Å². The van der Waals surface area contributed by atoms with Gasteiger partial charge in [0.25, 0.3) is 5.91 Å². The van der Waals surface area contributed by atoms with E-state index in [1.165, 1.54) is 0 Å². The number of anilines is 2. The minimum absolute atomic E-state index is 0.0370. The van der Waals surface area contributed by atoms with Gasteiger partial charge in [-0.05, 0) is 0 Å². The van der Waals surface area contributed by atoms with Crippen LogP contribution in [0.2, 0.25) is 0 Å². The molecule has 1 aliphatic heterocycles. The number of aliphatic hydroxyl groups is 1. The highest BCUT2D eigenvalue weighted by atomic mass is 16.3. The molecule has 1 aromatic rings. The Labute approximate surface area is 71.6 Å². The lowest BCUT2D eigenvalue weighted by Crippen LogP contribution is -2.31. The summed E-state index contributed by atoms with van der Waals surface area (Å²) in [4.78, 5) is 18.2. The SMILES string of the molecule is N=c1nc(N)nc2n1C(=O)C(O)N2. The number of carbonyl (C=O) groups is 1. The van der Waals surface area contributed by atoms with E-state index in [0.29, 0.717) is 0 Å².